The molecule has 10 heteroatoms. The normalized spacial score (nSPS) is 12.6. The van der Waals surface area contributed by atoms with Crippen molar-refractivity contribution in [1.29, 1.82) is 0 Å². The third-order valence-electron chi connectivity index (χ3n) is 2.21. The number of benzene rings is 1. The van der Waals surface area contributed by atoms with E-state index in [0.29, 0.717) is 5.69 Å². The number of hydrogen-bond acceptors (Lipinski definition) is 4. The Morgan fingerprint density at radius 3 is 2.50 bits per heavy atom. The second-order valence-electron chi connectivity index (χ2n) is 3.38. The number of anilines is 1. The lowest BCUT2D eigenvalue weighted by atomic mass is 10.1. The van der Waals surface area contributed by atoms with E-state index < -0.39 is 18.8 Å². The Balaban J connectivity index is 3.29. The first-order chi connectivity index (χ1) is 8.24. The number of halogens is 3. The van der Waals surface area contributed by atoms with Crippen molar-refractivity contribution in [3.8, 4) is 0 Å². The van der Waals surface area contributed by atoms with Gasteiger partial charge in [-0.15, -0.1) is 0 Å². The molecule has 0 saturated carbocycles. The van der Waals surface area contributed by atoms with Crippen molar-refractivity contribution in [2.45, 2.75) is 12.2 Å². The van der Waals surface area contributed by atoms with E-state index >= 15 is 0 Å². The van der Waals surface area contributed by atoms with E-state index in [1.165, 1.54) is 12.1 Å². The van der Waals surface area contributed by atoms with E-state index in [-0.39, 0.29) is 12.1 Å². The quantitative estimate of drug-likeness (QED) is 0.315. The van der Waals surface area contributed by atoms with E-state index in [1.54, 1.807) is 0 Å². The maximum atomic E-state index is 13.6. The molecule has 0 atom stereocenters. The SMILES string of the molecule is NCc1cc(NNBr)ccc1C(F)(F)P(=O)(O)O. The van der Waals surface area contributed by atoms with Crippen LogP contribution in [-0.2, 0) is 16.8 Å². The average Bonchev–Trinajstić information content (AvgIpc) is 2.27. The summed E-state index contributed by atoms with van der Waals surface area (Å²) in [4.78, 5) is 17.4. The van der Waals surface area contributed by atoms with Gasteiger partial charge in [0, 0.05) is 33.9 Å². The Hall–Kier alpha value is -0.570. The van der Waals surface area contributed by atoms with Crippen LogP contribution in [0.1, 0.15) is 11.1 Å². The fraction of sp³-hybridized carbons (Fsp3) is 0.250. The van der Waals surface area contributed by atoms with Crippen molar-refractivity contribution in [3.05, 3.63) is 29.3 Å². The van der Waals surface area contributed by atoms with Crippen molar-refractivity contribution in [3.63, 3.8) is 0 Å². The molecule has 102 valence electrons. The number of nitrogens with two attached hydrogens (primary N) is 1. The highest BCUT2D eigenvalue weighted by molar-refractivity contribution is 9.08. The van der Waals surface area contributed by atoms with Crippen LogP contribution >= 0.6 is 23.7 Å². The van der Waals surface area contributed by atoms with Gasteiger partial charge in [0.15, 0.2) is 0 Å². The van der Waals surface area contributed by atoms with Gasteiger partial charge in [0.25, 0.3) is 0 Å². The minimum Gasteiger partial charge on any atom is -0.326 e. The van der Waals surface area contributed by atoms with Crippen LogP contribution in [0, 0.1) is 0 Å². The van der Waals surface area contributed by atoms with Crippen molar-refractivity contribution in [1.82, 2.24) is 4.45 Å². The zero-order chi connectivity index (χ0) is 14.0. The Bertz CT molecular complexity index is 483. The number of rotatable bonds is 5. The van der Waals surface area contributed by atoms with Crippen LogP contribution in [0.4, 0.5) is 14.5 Å². The van der Waals surface area contributed by atoms with Crippen LogP contribution < -0.4 is 15.6 Å². The summed E-state index contributed by atoms with van der Waals surface area (Å²) in [5.41, 5.74) is 3.20. The van der Waals surface area contributed by atoms with Gasteiger partial charge in [-0.1, -0.05) is 0 Å². The fourth-order valence-corrected chi connectivity index (χ4v) is 2.11. The summed E-state index contributed by atoms with van der Waals surface area (Å²) in [6.45, 7) is -0.275. The van der Waals surface area contributed by atoms with Crippen LogP contribution in [0.3, 0.4) is 0 Å². The van der Waals surface area contributed by atoms with Gasteiger partial charge in [-0.25, -0.2) is 0 Å². The smallest absolute Gasteiger partial charge is 0.326 e. The van der Waals surface area contributed by atoms with E-state index in [2.05, 4.69) is 26.0 Å². The third kappa shape index (κ3) is 3.05. The lowest BCUT2D eigenvalue weighted by Crippen LogP contribution is -2.18. The summed E-state index contributed by atoms with van der Waals surface area (Å²) in [5.74, 6) is 0. The van der Waals surface area contributed by atoms with E-state index in [4.69, 9.17) is 15.5 Å². The number of hydrazine groups is 1. The monoisotopic (exact) mass is 345 g/mol. The molecule has 1 rings (SSSR count). The first-order valence-electron chi connectivity index (χ1n) is 4.62. The molecule has 0 radical (unpaired) electrons. The molecule has 0 fully saturated rings. The molecule has 0 aliphatic rings. The molecule has 0 bridgehead atoms. The molecule has 0 unspecified atom stereocenters. The van der Waals surface area contributed by atoms with Crippen molar-refractivity contribution < 1.29 is 23.1 Å². The average molecular weight is 346 g/mol. The lowest BCUT2D eigenvalue weighted by molar-refractivity contribution is 0.0556. The highest BCUT2D eigenvalue weighted by Crippen LogP contribution is 2.59. The zero-order valence-electron chi connectivity index (χ0n) is 8.90. The van der Waals surface area contributed by atoms with Crippen LogP contribution in [-0.4, -0.2) is 9.79 Å². The highest BCUT2D eigenvalue weighted by Gasteiger charge is 2.51. The second-order valence-corrected chi connectivity index (χ2v) is 5.43. The fourth-order valence-electron chi connectivity index (χ4n) is 1.35. The van der Waals surface area contributed by atoms with Crippen molar-refractivity contribution in [2.24, 2.45) is 5.73 Å². The molecule has 0 aliphatic carbocycles. The summed E-state index contributed by atoms with van der Waals surface area (Å²) < 4.78 is 40.3. The van der Waals surface area contributed by atoms with E-state index in [0.717, 1.165) is 6.07 Å². The summed E-state index contributed by atoms with van der Waals surface area (Å²) in [5, 5.41) is 0. The molecular formula is C8H11BrF2N3O3P. The van der Waals surface area contributed by atoms with Gasteiger partial charge in [0.2, 0.25) is 0 Å². The molecule has 0 aromatic heterocycles. The van der Waals surface area contributed by atoms with Gasteiger partial charge < -0.3 is 20.9 Å². The number of alkyl halides is 2. The lowest BCUT2D eigenvalue weighted by Gasteiger charge is -2.21. The number of hydrogen-bond donors (Lipinski definition) is 5. The van der Waals surface area contributed by atoms with E-state index in [9.17, 15) is 13.3 Å². The standard InChI is InChI=1S/C8H11BrF2N3O3P/c9-14-13-6-1-2-7(5(3-6)4-12)8(10,11)18(15,16)17/h1-3,13-14H,4,12H2,(H2,15,16,17). The van der Waals surface area contributed by atoms with Gasteiger partial charge in [-0.3, -0.25) is 4.57 Å². The molecular weight excluding hydrogens is 335 g/mol. The Labute approximate surface area is 110 Å². The van der Waals surface area contributed by atoms with Crippen LogP contribution in [0.25, 0.3) is 0 Å². The van der Waals surface area contributed by atoms with Gasteiger partial charge in [0.05, 0.1) is 0 Å². The maximum Gasteiger partial charge on any atom is 0.399 e. The van der Waals surface area contributed by atoms with Gasteiger partial charge in [-0.05, 0) is 23.8 Å². The largest absolute Gasteiger partial charge is 0.399 e. The predicted molar refractivity (Wildman–Crippen MR) is 66.0 cm³/mol. The molecule has 6 N–H and O–H groups in total. The molecule has 1 aromatic carbocycles. The second kappa shape index (κ2) is 5.60. The molecule has 0 saturated heterocycles. The molecule has 18 heavy (non-hydrogen) atoms. The Morgan fingerprint density at radius 1 is 1.44 bits per heavy atom. The number of nitrogens with one attached hydrogen (secondary N) is 2. The molecule has 0 heterocycles. The molecule has 0 amide bonds. The summed E-state index contributed by atoms with van der Waals surface area (Å²) in [6, 6.07) is 3.44. The van der Waals surface area contributed by atoms with Gasteiger partial charge in [0.1, 0.15) is 0 Å². The Morgan fingerprint density at radius 2 is 2.06 bits per heavy atom. The van der Waals surface area contributed by atoms with Gasteiger partial charge >= 0.3 is 13.3 Å². The third-order valence-corrected chi connectivity index (χ3v) is 3.38. The van der Waals surface area contributed by atoms with Gasteiger partial charge in [-0.2, -0.15) is 13.2 Å². The molecule has 0 aliphatic heterocycles. The first-order valence-corrected chi connectivity index (χ1v) is 7.03. The minimum absolute atomic E-state index is 0.0592. The summed E-state index contributed by atoms with van der Waals surface area (Å²) >= 11 is 2.86. The maximum absolute atomic E-state index is 13.6. The van der Waals surface area contributed by atoms with E-state index in [1.807, 2.05) is 0 Å². The summed E-state index contributed by atoms with van der Waals surface area (Å²) in [7, 11) is -5.60. The first kappa shape index (κ1) is 15.5. The van der Waals surface area contributed by atoms with Crippen LogP contribution in [0.5, 0.6) is 0 Å². The molecule has 6 nitrogen and oxygen atoms in total. The predicted octanol–water partition coefficient (Wildman–Crippen LogP) is 1.60. The van der Waals surface area contributed by atoms with Crippen LogP contribution in [0.15, 0.2) is 18.2 Å². The van der Waals surface area contributed by atoms with Crippen molar-refractivity contribution in [2.75, 3.05) is 5.43 Å². The van der Waals surface area contributed by atoms with Crippen molar-refractivity contribution >= 4 is 29.4 Å². The Kier molecular flexibility index (Phi) is 4.82. The van der Waals surface area contributed by atoms with Crippen LogP contribution in [0.2, 0.25) is 0 Å². The zero-order valence-corrected chi connectivity index (χ0v) is 11.4. The minimum atomic E-state index is -5.60. The molecule has 1 aromatic rings. The molecule has 0 spiro atoms. The highest BCUT2D eigenvalue weighted by atomic mass is 79.9. The topological polar surface area (TPSA) is 108 Å². The summed E-state index contributed by atoms with van der Waals surface area (Å²) in [6.07, 6.45) is 0.